The number of Topliss-reactive ketones (excluding diaryl/α,β-unsaturated/α-hetero) is 1. The van der Waals surface area contributed by atoms with Crippen molar-refractivity contribution in [2.24, 2.45) is 0 Å². The van der Waals surface area contributed by atoms with Crippen molar-refractivity contribution in [2.45, 2.75) is 46.8 Å². The van der Waals surface area contributed by atoms with Crippen molar-refractivity contribution in [3.8, 4) is 0 Å². The number of carbonyl (C=O) groups is 2. The van der Waals surface area contributed by atoms with Crippen LogP contribution in [0.25, 0.3) is 5.76 Å². The first-order valence-corrected chi connectivity index (χ1v) is 10.2. The summed E-state index contributed by atoms with van der Waals surface area (Å²) >= 11 is 0. The summed E-state index contributed by atoms with van der Waals surface area (Å²) in [5.41, 5.74) is 4.33. The minimum absolute atomic E-state index is 0.0224. The van der Waals surface area contributed by atoms with Crippen LogP contribution in [0.1, 0.15) is 47.7 Å². The Kier molecular flexibility index (Phi) is 6.42. The van der Waals surface area contributed by atoms with Gasteiger partial charge in [-0.25, -0.2) is 0 Å². The third kappa shape index (κ3) is 4.31. The van der Waals surface area contributed by atoms with Gasteiger partial charge in [0.2, 0.25) is 0 Å². The third-order valence-electron chi connectivity index (χ3n) is 5.33. The van der Waals surface area contributed by atoms with E-state index in [0.29, 0.717) is 12.2 Å². The summed E-state index contributed by atoms with van der Waals surface area (Å²) < 4.78 is 5.63. The molecule has 1 amide bonds. The highest BCUT2D eigenvalue weighted by Gasteiger charge is 2.46. The second-order valence-corrected chi connectivity index (χ2v) is 8.14. The van der Waals surface area contributed by atoms with Crippen molar-refractivity contribution in [2.75, 3.05) is 13.2 Å². The van der Waals surface area contributed by atoms with Gasteiger partial charge >= 0.3 is 0 Å². The summed E-state index contributed by atoms with van der Waals surface area (Å²) in [5.74, 6) is -1.40. The normalized spacial score (nSPS) is 18.5. The van der Waals surface area contributed by atoms with Gasteiger partial charge in [0.05, 0.1) is 24.3 Å². The van der Waals surface area contributed by atoms with Crippen molar-refractivity contribution in [3.05, 3.63) is 75.9 Å². The number of nitrogens with zero attached hydrogens (tertiary/aromatic N) is 1. The van der Waals surface area contributed by atoms with E-state index in [4.69, 9.17) is 4.74 Å². The lowest BCUT2D eigenvalue weighted by Crippen LogP contribution is -2.33. The molecule has 1 aliphatic heterocycles. The number of carbonyl (C=O) groups excluding carboxylic acids is 2. The van der Waals surface area contributed by atoms with Crippen LogP contribution in [-0.4, -0.2) is 41.0 Å². The summed E-state index contributed by atoms with van der Waals surface area (Å²) in [4.78, 5) is 27.5. The monoisotopic (exact) mass is 407 g/mol. The Bertz CT molecular complexity index is 1010. The predicted octanol–water partition coefficient (Wildman–Crippen LogP) is 4.46. The van der Waals surface area contributed by atoms with Crippen LogP contribution in [0.15, 0.2) is 48.0 Å². The van der Waals surface area contributed by atoms with E-state index in [2.05, 4.69) is 0 Å². The maximum absolute atomic E-state index is 13.0. The van der Waals surface area contributed by atoms with Gasteiger partial charge in [-0.1, -0.05) is 47.5 Å². The van der Waals surface area contributed by atoms with Crippen molar-refractivity contribution in [1.82, 2.24) is 4.90 Å². The van der Waals surface area contributed by atoms with Crippen LogP contribution >= 0.6 is 0 Å². The SMILES string of the molecule is Cc1cccc(C2/C(=C(\O)c3cc(C)ccc3C)C(=O)C(=O)N2CCOC(C)C)c1. The fourth-order valence-corrected chi connectivity index (χ4v) is 3.82. The number of benzene rings is 2. The molecule has 1 unspecified atom stereocenters. The number of ketones is 1. The minimum atomic E-state index is -0.663. The van der Waals surface area contributed by atoms with E-state index in [1.54, 1.807) is 0 Å². The van der Waals surface area contributed by atoms with E-state index in [9.17, 15) is 14.7 Å². The second kappa shape index (κ2) is 8.84. The van der Waals surface area contributed by atoms with Crippen molar-refractivity contribution in [1.29, 1.82) is 0 Å². The van der Waals surface area contributed by atoms with E-state index in [0.717, 1.165) is 22.3 Å². The van der Waals surface area contributed by atoms with Crippen molar-refractivity contribution in [3.63, 3.8) is 0 Å². The molecule has 158 valence electrons. The second-order valence-electron chi connectivity index (χ2n) is 8.14. The zero-order valence-corrected chi connectivity index (χ0v) is 18.2. The van der Waals surface area contributed by atoms with Crippen molar-refractivity contribution >= 4 is 17.4 Å². The molecule has 0 aromatic heterocycles. The Morgan fingerprint density at radius 3 is 2.43 bits per heavy atom. The zero-order valence-electron chi connectivity index (χ0n) is 18.2. The number of aryl methyl sites for hydroxylation is 3. The Morgan fingerprint density at radius 2 is 1.77 bits per heavy atom. The molecule has 1 N–H and O–H groups in total. The van der Waals surface area contributed by atoms with Crippen LogP contribution < -0.4 is 0 Å². The van der Waals surface area contributed by atoms with Gasteiger partial charge in [0.15, 0.2) is 0 Å². The lowest BCUT2D eigenvalue weighted by Gasteiger charge is -2.26. The molecule has 30 heavy (non-hydrogen) atoms. The molecule has 3 rings (SSSR count). The molecule has 0 saturated carbocycles. The minimum Gasteiger partial charge on any atom is -0.507 e. The number of hydrogen-bond donors (Lipinski definition) is 1. The maximum Gasteiger partial charge on any atom is 0.295 e. The van der Waals surface area contributed by atoms with Gasteiger partial charge in [-0.15, -0.1) is 0 Å². The molecular formula is C25H29NO4. The molecule has 5 heteroatoms. The van der Waals surface area contributed by atoms with Gasteiger partial charge in [-0.05, 0) is 51.8 Å². The molecule has 0 radical (unpaired) electrons. The molecule has 2 aromatic carbocycles. The molecule has 1 aliphatic rings. The molecule has 0 bridgehead atoms. The fraction of sp³-hybridized carbons (Fsp3) is 0.360. The van der Waals surface area contributed by atoms with Crippen LogP contribution in [0.4, 0.5) is 0 Å². The first-order valence-electron chi connectivity index (χ1n) is 10.2. The largest absolute Gasteiger partial charge is 0.507 e. The van der Waals surface area contributed by atoms with Gasteiger partial charge in [-0.2, -0.15) is 0 Å². The number of amides is 1. The topological polar surface area (TPSA) is 66.8 Å². The average molecular weight is 408 g/mol. The molecule has 1 atom stereocenters. The van der Waals surface area contributed by atoms with E-state index >= 15 is 0 Å². The summed E-state index contributed by atoms with van der Waals surface area (Å²) in [7, 11) is 0. The molecule has 1 heterocycles. The van der Waals surface area contributed by atoms with Gasteiger partial charge in [0, 0.05) is 12.1 Å². The zero-order chi connectivity index (χ0) is 22.0. The molecule has 2 aromatic rings. The van der Waals surface area contributed by atoms with E-state index in [1.165, 1.54) is 4.90 Å². The predicted molar refractivity (Wildman–Crippen MR) is 117 cm³/mol. The highest BCUT2D eigenvalue weighted by atomic mass is 16.5. The fourth-order valence-electron chi connectivity index (χ4n) is 3.82. The maximum atomic E-state index is 13.0. The quantitative estimate of drug-likeness (QED) is 0.436. The lowest BCUT2D eigenvalue weighted by atomic mass is 9.92. The molecule has 1 fully saturated rings. The Morgan fingerprint density at radius 1 is 1.07 bits per heavy atom. The lowest BCUT2D eigenvalue weighted by molar-refractivity contribution is -0.140. The Balaban J connectivity index is 2.15. The highest BCUT2D eigenvalue weighted by Crippen LogP contribution is 2.40. The van der Waals surface area contributed by atoms with E-state index < -0.39 is 17.7 Å². The summed E-state index contributed by atoms with van der Waals surface area (Å²) in [6, 6.07) is 12.7. The standard InChI is InChI=1S/C25H29NO4/c1-15(2)30-12-11-26-22(19-8-6-7-16(3)13-19)21(24(28)25(26)29)23(27)20-14-17(4)9-10-18(20)5/h6-10,13-15,22,27H,11-12H2,1-5H3/b23-21+. The van der Waals surface area contributed by atoms with Gasteiger partial charge < -0.3 is 14.7 Å². The number of hydrogen-bond acceptors (Lipinski definition) is 4. The Labute approximate surface area is 178 Å². The average Bonchev–Trinajstić information content (AvgIpc) is 2.94. The molecule has 0 aliphatic carbocycles. The number of rotatable bonds is 6. The number of aliphatic hydroxyl groups is 1. The number of likely N-dealkylation sites (tertiary alicyclic amines) is 1. The van der Waals surface area contributed by atoms with Gasteiger partial charge in [0.1, 0.15) is 5.76 Å². The number of aliphatic hydroxyl groups excluding tert-OH is 1. The van der Waals surface area contributed by atoms with Gasteiger partial charge in [-0.3, -0.25) is 9.59 Å². The van der Waals surface area contributed by atoms with E-state index in [-0.39, 0.29) is 24.0 Å². The molecular weight excluding hydrogens is 378 g/mol. The summed E-state index contributed by atoms with van der Waals surface area (Å²) in [6.07, 6.45) is 0.0224. The first-order chi connectivity index (χ1) is 14.2. The molecule has 1 saturated heterocycles. The molecule has 0 spiro atoms. The third-order valence-corrected chi connectivity index (χ3v) is 5.33. The van der Waals surface area contributed by atoms with Crippen LogP contribution in [-0.2, 0) is 14.3 Å². The van der Waals surface area contributed by atoms with E-state index in [1.807, 2.05) is 77.1 Å². The van der Waals surface area contributed by atoms with Crippen molar-refractivity contribution < 1.29 is 19.4 Å². The van der Waals surface area contributed by atoms with Crippen LogP contribution in [0.3, 0.4) is 0 Å². The highest BCUT2D eigenvalue weighted by molar-refractivity contribution is 6.46. The van der Waals surface area contributed by atoms with Crippen LogP contribution in [0.2, 0.25) is 0 Å². The first kappa shape index (κ1) is 21.8. The number of ether oxygens (including phenoxy) is 1. The smallest absolute Gasteiger partial charge is 0.295 e. The van der Waals surface area contributed by atoms with Crippen LogP contribution in [0.5, 0.6) is 0 Å². The van der Waals surface area contributed by atoms with Gasteiger partial charge in [0.25, 0.3) is 11.7 Å². The molecule has 5 nitrogen and oxygen atoms in total. The van der Waals surface area contributed by atoms with Crippen LogP contribution in [0, 0.1) is 20.8 Å². The summed E-state index contributed by atoms with van der Waals surface area (Å²) in [5, 5.41) is 11.2. The summed E-state index contributed by atoms with van der Waals surface area (Å²) in [6.45, 7) is 10.2. The Hall–Kier alpha value is -2.92.